The summed E-state index contributed by atoms with van der Waals surface area (Å²) < 4.78 is 0. The second-order valence-corrected chi connectivity index (χ2v) is 7.80. The summed E-state index contributed by atoms with van der Waals surface area (Å²) in [5.41, 5.74) is 4.99. The highest BCUT2D eigenvalue weighted by Gasteiger charge is 2.26. The lowest BCUT2D eigenvalue weighted by atomic mass is 10.0. The van der Waals surface area contributed by atoms with E-state index < -0.39 is 0 Å². The molecule has 1 N–H and O–H groups in total. The molecule has 0 saturated carbocycles. The van der Waals surface area contributed by atoms with E-state index >= 15 is 0 Å². The molecule has 5 heteroatoms. The number of aromatic nitrogens is 1. The SMILES string of the molecule is CN(C)c1ccc(C(=O)Nc2nc3c(s2)-c2cccc4cccc-3c24)cc1. The van der Waals surface area contributed by atoms with Crippen LogP contribution in [0.3, 0.4) is 0 Å². The molecule has 1 heterocycles. The summed E-state index contributed by atoms with van der Waals surface area (Å²) in [5.74, 6) is -0.140. The third kappa shape index (κ3) is 2.51. The number of fused-ring (bicyclic) bond motifs is 3. The number of carbonyl (C=O) groups is 1. The van der Waals surface area contributed by atoms with Crippen LogP contribution >= 0.6 is 11.3 Å². The molecule has 4 nitrogen and oxygen atoms in total. The molecule has 0 aliphatic heterocycles. The maximum Gasteiger partial charge on any atom is 0.257 e. The third-order valence-electron chi connectivity index (χ3n) is 4.90. The first-order chi connectivity index (χ1) is 13.1. The van der Waals surface area contributed by atoms with Crippen LogP contribution in [-0.4, -0.2) is 25.0 Å². The largest absolute Gasteiger partial charge is 0.378 e. The lowest BCUT2D eigenvalue weighted by Crippen LogP contribution is -2.13. The number of rotatable bonds is 3. The van der Waals surface area contributed by atoms with Crippen LogP contribution in [0.2, 0.25) is 0 Å². The predicted molar refractivity (Wildman–Crippen MR) is 113 cm³/mol. The maximum absolute atomic E-state index is 12.6. The van der Waals surface area contributed by atoms with E-state index in [1.165, 1.54) is 27.7 Å². The van der Waals surface area contributed by atoms with Crippen LogP contribution in [0.25, 0.3) is 32.5 Å². The zero-order valence-electron chi connectivity index (χ0n) is 15.0. The Morgan fingerprint density at radius 2 is 1.67 bits per heavy atom. The van der Waals surface area contributed by atoms with Crippen molar-refractivity contribution in [3.05, 3.63) is 66.2 Å². The van der Waals surface area contributed by atoms with E-state index in [1.807, 2.05) is 43.3 Å². The van der Waals surface area contributed by atoms with Crippen molar-refractivity contribution in [1.29, 1.82) is 0 Å². The summed E-state index contributed by atoms with van der Waals surface area (Å²) in [6.45, 7) is 0. The molecule has 0 spiro atoms. The Labute approximate surface area is 161 Å². The van der Waals surface area contributed by atoms with E-state index in [-0.39, 0.29) is 5.91 Å². The van der Waals surface area contributed by atoms with E-state index in [0.717, 1.165) is 21.8 Å². The van der Waals surface area contributed by atoms with Crippen molar-refractivity contribution < 1.29 is 4.79 Å². The summed E-state index contributed by atoms with van der Waals surface area (Å²) >= 11 is 1.53. The molecule has 4 aromatic rings. The minimum absolute atomic E-state index is 0.140. The average Bonchev–Trinajstić information content (AvgIpc) is 3.22. The van der Waals surface area contributed by atoms with Gasteiger partial charge in [-0.3, -0.25) is 10.1 Å². The molecule has 0 atom stereocenters. The molecule has 0 unspecified atom stereocenters. The van der Waals surface area contributed by atoms with Crippen molar-refractivity contribution >= 4 is 38.8 Å². The number of hydrogen-bond donors (Lipinski definition) is 1. The Bertz CT molecular complexity index is 1140. The fraction of sp³-hybridized carbons (Fsp3) is 0.0909. The quantitative estimate of drug-likeness (QED) is 0.470. The summed E-state index contributed by atoms with van der Waals surface area (Å²) in [7, 11) is 3.95. The highest BCUT2D eigenvalue weighted by Crippen LogP contribution is 2.50. The first-order valence-corrected chi connectivity index (χ1v) is 9.55. The molecule has 3 aromatic carbocycles. The molecule has 0 saturated heterocycles. The van der Waals surface area contributed by atoms with Gasteiger partial charge in [-0.1, -0.05) is 47.7 Å². The van der Waals surface area contributed by atoms with Crippen molar-refractivity contribution in [3.63, 3.8) is 0 Å². The van der Waals surface area contributed by atoms with Gasteiger partial charge in [0, 0.05) is 36.5 Å². The van der Waals surface area contributed by atoms with Gasteiger partial charge in [-0.2, -0.15) is 0 Å². The van der Waals surface area contributed by atoms with Crippen LogP contribution in [0.1, 0.15) is 10.4 Å². The summed E-state index contributed by atoms with van der Waals surface area (Å²) in [4.78, 5) is 20.5. The van der Waals surface area contributed by atoms with Gasteiger partial charge in [-0.05, 0) is 35.0 Å². The molecule has 0 bridgehead atoms. The number of nitrogens with zero attached hydrogens (tertiary/aromatic N) is 2. The van der Waals surface area contributed by atoms with Crippen LogP contribution < -0.4 is 10.2 Å². The van der Waals surface area contributed by atoms with Crippen molar-refractivity contribution in [3.8, 4) is 21.7 Å². The second kappa shape index (κ2) is 5.93. The number of anilines is 2. The first-order valence-electron chi connectivity index (χ1n) is 8.74. The number of amides is 1. The summed E-state index contributed by atoms with van der Waals surface area (Å²) in [6, 6.07) is 20.1. The average molecular weight is 371 g/mol. The first kappa shape index (κ1) is 16.0. The summed E-state index contributed by atoms with van der Waals surface area (Å²) in [6.07, 6.45) is 0. The molecule has 5 rings (SSSR count). The Balaban J connectivity index is 1.46. The number of hydrogen-bond acceptors (Lipinski definition) is 4. The van der Waals surface area contributed by atoms with E-state index in [0.29, 0.717) is 10.7 Å². The summed E-state index contributed by atoms with van der Waals surface area (Å²) in [5, 5.41) is 6.07. The number of nitrogens with one attached hydrogen (secondary N) is 1. The Morgan fingerprint density at radius 3 is 2.37 bits per heavy atom. The van der Waals surface area contributed by atoms with Gasteiger partial charge < -0.3 is 4.90 Å². The number of benzene rings is 3. The van der Waals surface area contributed by atoms with Crippen molar-refractivity contribution in [2.45, 2.75) is 0 Å². The lowest BCUT2D eigenvalue weighted by molar-refractivity contribution is 0.102. The van der Waals surface area contributed by atoms with Crippen molar-refractivity contribution in [2.75, 3.05) is 24.3 Å². The molecule has 27 heavy (non-hydrogen) atoms. The molecule has 1 aromatic heterocycles. The molecule has 132 valence electrons. The topological polar surface area (TPSA) is 45.2 Å². The second-order valence-electron chi connectivity index (χ2n) is 6.80. The van der Waals surface area contributed by atoms with Gasteiger partial charge in [-0.25, -0.2) is 4.98 Å². The van der Waals surface area contributed by atoms with Crippen LogP contribution in [0.5, 0.6) is 0 Å². The normalized spacial score (nSPS) is 11.5. The lowest BCUT2D eigenvalue weighted by Gasteiger charge is -2.12. The van der Waals surface area contributed by atoms with Crippen LogP contribution in [0, 0.1) is 0 Å². The van der Waals surface area contributed by atoms with Gasteiger partial charge in [0.2, 0.25) is 0 Å². The zero-order valence-corrected chi connectivity index (χ0v) is 15.8. The molecule has 0 fully saturated rings. The monoisotopic (exact) mass is 371 g/mol. The van der Waals surface area contributed by atoms with Gasteiger partial charge in [0.25, 0.3) is 5.91 Å². The van der Waals surface area contributed by atoms with Gasteiger partial charge in [0.1, 0.15) is 0 Å². The molecule has 1 aliphatic carbocycles. The minimum atomic E-state index is -0.140. The fourth-order valence-corrected chi connectivity index (χ4v) is 4.55. The van der Waals surface area contributed by atoms with Gasteiger partial charge in [0.05, 0.1) is 10.6 Å². The third-order valence-corrected chi connectivity index (χ3v) is 5.90. The highest BCUT2D eigenvalue weighted by atomic mass is 32.1. The van der Waals surface area contributed by atoms with Gasteiger partial charge >= 0.3 is 0 Å². The minimum Gasteiger partial charge on any atom is -0.378 e. The Morgan fingerprint density at radius 1 is 0.963 bits per heavy atom. The predicted octanol–water partition coefficient (Wildman–Crippen LogP) is 5.26. The molecule has 1 amide bonds. The van der Waals surface area contributed by atoms with Gasteiger partial charge in [-0.15, -0.1) is 0 Å². The standard InChI is InChI=1S/C22H17N3OS/c1-25(2)15-11-9-14(10-12-15)21(26)24-22-23-19-16-7-3-5-13-6-4-8-17(18(13)16)20(19)27-22/h3-12H,1-2H3,(H,23,24,26). The van der Waals surface area contributed by atoms with E-state index in [2.05, 4.69) is 41.7 Å². The van der Waals surface area contributed by atoms with Gasteiger partial charge in [0.15, 0.2) is 5.13 Å². The van der Waals surface area contributed by atoms with E-state index in [9.17, 15) is 4.79 Å². The Kier molecular flexibility index (Phi) is 3.52. The van der Waals surface area contributed by atoms with Crippen LogP contribution in [-0.2, 0) is 0 Å². The molecule has 1 aliphatic rings. The molecular weight excluding hydrogens is 354 g/mol. The highest BCUT2D eigenvalue weighted by molar-refractivity contribution is 7.20. The smallest absolute Gasteiger partial charge is 0.257 e. The van der Waals surface area contributed by atoms with Crippen molar-refractivity contribution in [1.82, 2.24) is 4.98 Å². The van der Waals surface area contributed by atoms with Crippen molar-refractivity contribution in [2.24, 2.45) is 0 Å². The maximum atomic E-state index is 12.6. The molecular formula is C22H17N3OS. The van der Waals surface area contributed by atoms with Crippen LogP contribution in [0.15, 0.2) is 60.7 Å². The van der Waals surface area contributed by atoms with E-state index in [4.69, 9.17) is 4.98 Å². The zero-order chi connectivity index (χ0) is 18.5. The Hall–Kier alpha value is -3.18. The number of thiazole rings is 1. The fourth-order valence-electron chi connectivity index (χ4n) is 3.55. The van der Waals surface area contributed by atoms with E-state index in [1.54, 1.807) is 0 Å². The molecule has 0 radical (unpaired) electrons. The van der Waals surface area contributed by atoms with Crippen LogP contribution in [0.4, 0.5) is 10.8 Å². The number of carbonyl (C=O) groups excluding carboxylic acids is 1.